The fraction of sp³-hybridized carbons (Fsp3) is 0.636. The second-order valence-corrected chi connectivity index (χ2v) is 19.2. The van der Waals surface area contributed by atoms with Gasteiger partial charge in [-0.1, -0.05) is 18.9 Å². The van der Waals surface area contributed by atoms with E-state index in [2.05, 4.69) is 4.98 Å². The van der Waals surface area contributed by atoms with Crippen LogP contribution in [0.1, 0.15) is 107 Å². The number of phosphoric ester groups is 1. The summed E-state index contributed by atoms with van der Waals surface area (Å²) in [6, 6.07) is 2.46. The van der Waals surface area contributed by atoms with Gasteiger partial charge in [-0.05, 0) is 89.0 Å². The maximum Gasteiger partial charge on any atom is 0.472 e. The minimum atomic E-state index is -4.34. The second-order valence-electron chi connectivity index (χ2n) is 17.8. The van der Waals surface area contributed by atoms with E-state index in [1.54, 1.807) is 42.0 Å². The van der Waals surface area contributed by atoms with Gasteiger partial charge in [0.05, 0.1) is 76.1 Å². The predicted octanol–water partition coefficient (Wildman–Crippen LogP) is 3.18. The number of hydrogen-bond acceptors (Lipinski definition) is 16. The summed E-state index contributed by atoms with van der Waals surface area (Å²) in [7, 11) is -4.34. The third-order valence-electron chi connectivity index (χ3n) is 11.8. The zero-order valence-corrected chi connectivity index (χ0v) is 39.7. The Morgan fingerprint density at radius 3 is 1.63 bits per heavy atom. The van der Waals surface area contributed by atoms with Crippen LogP contribution in [0, 0.1) is 0 Å². The number of nitrogens with zero attached hydrogens (tertiary/aromatic N) is 6. The Labute approximate surface area is 394 Å². The Bertz CT molecular complexity index is 2060. The molecule has 2 aromatic heterocycles. The van der Waals surface area contributed by atoms with Gasteiger partial charge in [-0.2, -0.15) is 0 Å². The number of carboxylic acid groups (broad SMARTS) is 6. The predicted molar refractivity (Wildman–Crippen MR) is 239 cm³/mol. The lowest BCUT2D eigenvalue weighted by atomic mass is 9.77. The lowest BCUT2D eigenvalue weighted by molar-refractivity contribution is -0.147. The third kappa shape index (κ3) is 18.2. The molecule has 6 atom stereocenters. The van der Waals surface area contributed by atoms with Crippen LogP contribution in [0.15, 0.2) is 30.6 Å². The molecule has 2 aliphatic rings. The van der Waals surface area contributed by atoms with Gasteiger partial charge in [-0.25, -0.2) is 4.57 Å². The van der Waals surface area contributed by atoms with Crippen molar-refractivity contribution in [1.29, 1.82) is 0 Å². The number of aromatic nitrogens is 2. The molecule has 0 aliphatic heterocycles. The van der Waals surface area contributed by atoms with E-state index in [0.717, 1.165) is 0 Å². The molecule has 0 amide bonds. The number of carboxylic acids is 6. The van der Waals surface area contributed by atoms with Gasteiger partial charge in [0.15, 0.2) is 0 Å². The fourth-order valence-corrected chi connectivity index (χ4v) is 10.1. The summed E-state index contributed by atoms with van der Waals surface area (Å²) in [6.45, 7) is 3.19. The quantitative estimate of drug-likeness (QED) is 0.0576. The molecule has 2 fully saturated rings. The lowest BCUT2D eigenvalue weighted by Gasteiger charge is -2.46. The highest BCUT2D eigenvalue weighted by molar-refractivity contribution is 7.47. The van der Waals surface area contributed by atoms with Crippen molar-refractivity contribution in [2.45, 2.75) is 141 Å². The molecule has 4 unspecified atom stereocenters. The Kier molecular flexibility index (Phi) is 21.4. The molecule has 24 heteroatoms. The van der Waals surface area contributed by atoms with Gasteiger partial charge in [-0.3, -0.25) is 67.4 Å². The van der Waals surface area contributed by atoms with Gasteiger partial charge in [0.2, 0.25) is 0 Å². The summed E-state index contributed by atoms with van der Waals surface area (Å²) in [5.74, 6) is -7.69. The molecule has 0 radical (unpaired) electrons. The molecule has 2 heterocycles. The number of ether oxygens (including phenoxy) is 1. The summed E-state index contributed by atoms with van der Waals surface area (Å²) < 4.78 is 28.2. The number of rotatable bonds is 29. The molecule has 378 valence electrons. The van der Waals surface area contributed by atoms with Crippen LogP contribution in [0.4, 0.5) is 0 Å². The summed E-state index contributed by atoms with van der Waals surface area (Å²) >= 11 is 0. The molecule has 2 aliphatic carbocycles. The Morgan fingerprint density at radius 2 is 1.13 bits per heavy atom. The Hall–Kier alpha value is -4.97. The van der Waals surface area contributed by atoms with Gasteiger partial charge in [-0.15, -0.1) is 0 Å². The SMILES string of the molecule is CC(C)OCc1cc(C2CC[C@H](N(CC(=O)O)Cc3ccc(COP(=O)(O)OC(C)C)cn3)C(N(CC(=O)O)CC(=O)O)C2)cnc1CN(CC(=O)O)[C@H]1CCCCC1N(CC(=O)O)CC(=O)O. The minimum Gasteiger partial charge on any atom is -0.480 e. The lowest BCUT2D eigenvalue weighted by Crippen LogP contribution is -2.57. The van der Waals surface area contributed by atoms with Gasteiger partial charge < -0.3 is 40.3 Å². The van der Waals surface area contributed by atoms with Crippen LogP contribution >= 0.6 is 7.82 Å². The maximum absolute atomic E-state index is 12.4. The van der Waals surface area contributed by atoms with E-state index in [-0.39, 0.29) is 44.7 Å². The summed E-state index contributed by atoms with van der Waals surface area (Å²) in [6.07, 6.45) is 5.50. The van der Waals surface area contributed by atoms with Crippen LogP contribution in [0.3, 0.4) is 0 Å². The molecular formula is C44H65N6O17P. The van der Waals surface area contributed by atoms with Gasteiger partial charge in [0, 0.05) is 55.2 Å². The van der Waals surface area contributed by atoms with Crippen LogP contribution in [-0.2, 0) is 73.4 Å². The molecule has 2 saturated carbocycles. The summed E-state index contributed by atoms with van der Waals surface area (Å²) in [5, 5.41) is 59.4. The number of aliphatic carboxylic acids is 6. The van der Waals surface area contributed by atoms with Crippen molar-refractivity contribution in [2.24, 2.45) is 0 Å². The summed E-state index contributed by atoms with van der Waals surface area (Å²) in [5.41, 5.74) is 2.62. The van der Waals surface area contributed by atoms with E-state index >= 15 is 0 Å². The normalized spacial score (nSPS) is 20.8. The molecule has 2 aromatic rings. The molecule has 68 heavy (non-hydrogen) atoms. The third-order valence-corrected chi connectivity index (χ3v) is 13.0. The van der Waals surface area contributed by atoms with E-state index in [9.17, 15) is 68.9 Å². The topological polar surface area (TPSA) is 328 Å². The van der Waals surface area contributed by atoms with Crippen LogP contribution in [-0.4, -0.2) is 177 Å². The van der Waals surface area contributed by atoms with Crippen molar-refractivity contribution in [3.8, 4) is 0 Å². The monoisotopic (exact) mass is 980 g/mol. The van der Waals surface area contributed by atoms with E-state index < -0.39 is 113 Å². The molecule has 0 saturated heterocycles. The fourth-order valence-electron chi connectivity index (χ4n) is 9.19. The number of carbonyl (C=O) groups is 6. The maximum atomic E-state index is 12.4. The number of pyridine rings is 2. The molecule has 7 N–H and O–H groups in total. The van der Waals surface area contributed by atoms with Crippen LogP contribution < -0.4 is 0 Å². The van der Waals surface area contributed by atoms with Crippen molar-refractivity contribution in [3.05, 3.63) is 58.7 Å². The van der Waals surface area contributed by atoms with Crippen LogP contribution in [0.5, 0.6) is 0 Å². The van der Waals surface area contributed by atoms with Crippen molar-refractivity contribution in [3.63, 3.8) is 0 Å². The highest BCUT2D eigenvalue weighted by atomic mass is 31.2. The van der Waals surface area contributed by atoms with Gasteiger partial charge >= 0.3 is 43.6 Å². The van der Waals surface area contributed by atoms with Crippen molar-refractivity contribution < 1.29 is 82.6 Å². The Balaban J connectivity index is 1.69. The molecule has 0 bridgehead atoms. The first-order valence-corrected chi connectivity index (χ1v) is 23.9. The van der Waals surface area contributed by atoms with Crippen molar-refractivity contribution >= 4 is 43.6 Å². The summed E-state index contributed by atoms with van der Waals surface area (Å²) in [4.78, 5) is 98.1. The van der Waals surface area contributed by atoms with Crippen LogP contribution in [0.25, 0.3) is 0 Å². The van der Waals surface area contributed by atoms with Crippen molar-refractivity contribution in [1.82, 2.24) is 29.6 Å². The van der Waals surface area contributed by atoms with E-state index in [1.807, 2.05) is 19.9 Å². The Morgan fingerprint density at radius 1 is 0.632 bits per heavy atom. The van der Waals surface area contributed by atoms with Gasteiger partial charge in [0.25, 0.3) is 0 Å². The number of hydrogen-bond donors (Lipinski definition) is 7. The highest BCUT2D eigenvalue weighted by Gasteiger charge is 2.41. The molecule has 0 spiro atoms. The number of phosphoric acid groups is 1. The van der Waals surface area contributed by atoms with Gasteiger partial charge in [0.1, 0.15) is 0 Å². The smallest absolute Gasteiger partial charge is 0.472 e. The minimum absolute atomic E-state index is 0.000139. The highest BCUT2D eigenvalue weighted by Crippen LogP contribution is 2.45. The molecule has 23 nitrogen and oxygen atoms in total. The van der Waals surface area contributed by atoms with Crippen molar-refractivity contribution in [2.75, 3.05) is 39.3 Å². The average molecular weight is 981 g/mol. The zero-order valence-electron chi connectivity index (χ0n) is 38.8. The first kappa shape index (κ1) is 55.6. The first-order valence-electron chi connectivity index (χ1n) is 22.5. The molecule has 4 rings (SSSR count). The second kappa shape index (κ2) is 26.1. The largest absolute Gasteiger partial charge is 0.480 e. The molecule has 0 aromatic carbocycles. The van der Waals surface area contributed by atoms with E-state index in [4.69, 9.17) is 18.8 Å². The van der Waals surface area contributed by atoms with E-state index in [0.29, 0.717) is 66.6 Å². The zero-order chi connectivity index (χ0) is 50.3. The van der Waals surface area contributed by atoms with E-state index in [1.165, 1.54) is 16.0 Å². The standard InChI is InChI=1S/C44H65N6O17P/c1-27(2)65-26-32-13-31(16-46-34(32)18-48(20-40(53)54)35-7-5-6-8-36(35)49(21-41(55)56)22-42(57)58)30-10-12-37(38(14-30)50(23-43(59)60)24-44(61)62)47(19-39(51)52)17-33-11-9-29(15-45-33)25-66-68(63,64)67-28(3)4/h9,11,13,15-16,27-28,30,35-38H,5-8,10,12,14,17-26H2,1-4H3,(H,51,52)(H,53,54)(H,55,56)(H,57,58)(H,59,60)(H,61,62)(H,63,64)/t30?,35-,36?,37-,38?/m0/s1. The average Bonchev–Trinajstić information content (AvgIpc) is 3.23. The molecular weight excluding hydrogens is 915 g/mol. The van der Waals surface area contributed by atoms with Crippen LogP contribution in [0.2, 0.25) is 0 Å². The first-order chi connectivity index (χ1) is 32.0.